The number of hydrogen-bond acceptors (Lipinski definition) is 12. The van der Waals surface area contributed by atoms with E-state index in [1.807, 2.05) is 70.9 Å². The molecule has 0 aliphatic rings. The quantitative estimate of drug-likeness (QED) is 0.0333. The smallest absolute Gasteiger partial charge is 0.387 e. The first-order valence-corrected chi connectivity index (χ1v) is 31.7. The average Bonchev–Trinajstić information content (AvgIpc) is 2.18. The third kappa shape index (κ3) is 20.4. The van der Waals surface area contributed by atoms with Gasteiger partial charge in [0.2, 0.25) is 19.1 Å². The number of aryl methyl sites for hydroxylation is 3. The molecule has 27 heteroatoms. The van der Waals surface area contributed by atoms with Crippen molar-refractivity contribution in [2.45, 2.75) is 86.9 Å². The van der Waals surface area contributed by atoms with Crippen LogP contribution in [-0.2, 0) is 38.7 Å². The number of benzene rings is 6. The number of rotatable bonds is 17. The Bertz CT molecular complexity index is 4120. The number of anilines is 3. The van der Waals surface area contributed by atoms with Crippen LogP contribution in [0.4, 0.5) is 47.8 Å². The molecule has 6 aromatic carbocycles. The summed E-state index contributed by atoms with van der Waals surface area (Å²) in [6.45, 7) is 2.36. The van der Waals surface area contributed by atoms with Gasteiger partial charge in [-0.15, -0.1) is 0 Å². The van der Waals surface area contributed by atoms with Gasteiger partial charge in [0.15, 0.2) is 0 Å². The molecule has 9 rings (SSSR count). The van der Waals surface area contributed by atoms with Crippen LogP contribution in [-0.4, -0.2) is 69.0 Å². The molecule has 468 valence electrons. The minimum atomic E-state index is -3.41. The van der Waals surface area contributed by atoms with Gasteiger partial charge in [0.1, 0.15) is 35.5 Å². The van der Waals surface area contributed by atoms with Crippen molar-refractivity contribution in [3.63, 3.8) is 0 Å². The summed E-state index contributed by atoms with van der Waals surface area (Å²) >= 11 is 2.24. The highest BCUT2D eigenvalue weighted by Crippen LogP contribution is 2.38. The minimum Gasteiger partial charge on any atom is -0.435 e. The molecule has 3 aromatic heterocycles. The van der Waals surface area contributed by atoms with E-state index in [0.717, 1.165) is 27.8 Å². The summed E-state index contributed by atoms with van der Waals surface area (Å²) in [6, 6.07) is 41.9. The molecule has 0 spiro atoms. The summed E-state index contributed by atoms with van der Waals surface area (Å²) in [5.74, 6) is 0.291. The van der Waals surface area contributed by atoms with Crippen LogP contribution in [0.1, 0.15) is 65.5 Å². The first kappa shape index (κ1) is 70.4. The van der Waals surface area contributed by atoms with Gasteiger partial charge in [-0.3, -0.25) is 9.11 Å². The SMILES string of the molecule is CCCS(=O)(=O)Cl.CCCS(=O)(=O)Nc1ccc(-c2c(C#N)c3ccc(OC(F)F)cc3n2CC)cc1.CCn1c(-c2ccc(N)cc2)c(C#N)c2ccc(OC(F)F)cc21.CCn1cc(C#N)c2ccc(OC(F)F)cc21.Nc1ccc(I)cc1.[2H]CF. The molecule has 0 bridgehead atoms. The Balaban J connectivity index is 0.000000255. The number of hydrogen-bond donors (Lipinski definition) is 3. The number of aromatic nitrogens is 3. The van der Waals surface area contributed by atoms with Crippen LogP contribution in [0.3, 0.4) is 0 Å². The fraction of sp³-hybridized carbons (Fsp3) is 0.262. The van der Waals surface area contributed by atoms with Crippen LogP contribution in [0.25, 0.3) is 55.2 Å². The van der Waals surface area contributed by atoms with E-state index in [4.69, 9.17) is 28.8 Å². The van der Waals surface area contributed by atoms with Crippen molar-refractivity contribution in [1.82, 2.24) is 13.7 Å². The van der Waals surface area contributed by atoms with Crippen molar-refractivity contribution in [3.05, 3.63) is 154 Å². The molecular weight excluding hydrogens is 1330 g/mol. The third-order valence-corrected chi connectivity index (χ3v) is 15.9. The Morgan fingerprint density at radius 1 is 0.580 bits per heavy atom. The van der Waals surface area contributed by atoms with E-state index in [1.165, 1.54) is 40.0 Å². The van der Waals surface area contributed by atoms with Gasteiger partial charge in [0, 0.05) is 91.5 Å². The second kappa shape index (κ2) is 34.3. The van der Waals surface area contributed by atoms with Crippen LogP contribution in [0, 0.1) is 37.6 Å². The standard InChI is InChI=1S/C21H21F2N3O3S.C18H15F2N3O.C12H10F2N2O.C6H6IN.C3H7ClO2S.CH3F/c1-3-11-30(27,28)25-15-7-5-14(6-8-15)20-18(13-24)17-10-9-16(29-21(22)23)12-19(17)26(20)4-2;1-2-23-16-9-13(24-18(19)20)7-8-14(16)15(10-21)17(23)11-3-5-12(22)6-4-11;1-2-16-7-8(6-15)10-4-3-9(5-11(10)16)17-12(13)14;7-5-1-3-6(8)4-2-5;1-2-3-7(4,5)6;1-2/h5-10,12,21,25H,3-4,11H2,1-2H3;3-9,18H,2,22H2,1H3;3-5,7,12H,2H2,1H3;1-4H,8H2;2-3H2,1H3;1H3/i;;;;;1D. The summed E-state index contributed by atoms with van der Waals surface area (Å²) in [5.41, 5.74) is 19.4. The lowest BCUT2D eigenvalue weighted by Crippen LogP contribution is -2.15. The monoisotopic (exact) mass is 1390 g/mol. The molecule has 0 saturated carbocycles. The van der Waals surface area contributed by atoms with E-state index in [1.54, 1.807) is 74.6 Å². The number of nitrogens with zero attached hydrogens (tertiary/aromatic N) is 6. The van der Waals surface area contributed by atoms with Crippen molar-refractivity contribution in [1.29, 1.82) is 15.8 Å². The number of nitrogen functional groups attached to an aromatic ring is 2. The number of fused-ring (bicyclic) bond motifs is 3. The van der Waals surface area contributed by atoms with Crippen LogP contribution in [0.15, 0.2) is 134 Å². The van der Waals surface area contributed by atoms with Gasteiger partial charge in [0.05, 0.1) is 64.7 Å². The van der Waals surface area contributed by atoms with Gasteiger partial charge < -0.3 is 39.4 Å². The number of nitrogens with one attached hydrogen (secondary N) is 1. The Morgan fingerprint density at radius 3 is 1.30 bits per heavy atom. The number of ether oxygens (including phenoxy) is 3. The van der Waals surface area contributed by atoms with Gasteiger partial charge in [0.25, 0.3) is 0 Å². The second-order valence-electron chi connectivity index (χ2n) is 18.2. The summed E-state index contributed by atoms with van der Waals surface area (Å²) in [7, 11) is -2.80. The largest absolute Gasteiger partial charge is 0.435 e. The molecule has 0 aliphatic heterocycles. The summed E-state index contributed by atoms with van der Waals surface area (Å²) in [5, 5.41) is 30.4. The van der Waals surface area contributed by atoms with Crippen molar-refractivity contribution in [2.75, 3.05) is 34.8 Å². The van der Waals surface area contributed by atoms with Crippen molar-refractivity contribution < 1.29 is 63.1 Å². The summed E-state index contributed by atoms with van der Waals surface area (Å²) < 4.78 is 156. The highest BCUT2D eigenvalue weighted by molar-refractivity contribution is 14.1. The first-order chi connectivity index (χ1) is 42.2. The maximum absolute atomic E-state index is 12.6. The van der Waals surface area contributed by atoms with Crippen molar-refractivity contribution >= 4 is 102 Å². The second-order valence-corrected chi connectivity index (χ2v) is 24.2. The number of halogens is 9. The van der Waals surface area contributed by atoms with Crippen molar-refractivity contribution in [3.8, 4) is 58.0 Å². The molecule has 88 heavy (non-hydrogen) atoms. The lowest BCUT2D eigenvalue weighted by atomic mass is 10.1. The molecule has 0 saturated heterocycles. The molecular formula is C61H62ClF7IN9O7S2. The fourth-order valence-electron chi connectivity index (χ4n) is 8.84. The molecule has 5 N–H and O–H groups in total. The predicted octanol–water partition coefficient (Wildman–Crippen LogP) is 15.9. The molecule has 9 aromatic rings. The van der Waals surface area contributed by atoms with Gasteiger partial charge >= 0.3 is 19.8 Å². The van der Waals surface area contributed by atoms with E-state index >= 15 is 0 Å². The lowest BCUT2D eigenvalue weighted by Gasteiger charge is -2.11. The van der Waals surface area contributed by atoms with Crippen LogP contribution >= 0.6 is 33.3 Å². The van der Waals surface area contributed by atoms with E-state index in [-0.39, 0.29) is 28.8 Å². The summed E-state index contributed by atoms with van der Waals surface area (Å²) in [6.07, 6.45) is 2.80. The van der Waals surface area contributed by atoms with E-state index < -0.39 is 46.1 Å². The zero-order chi connectivity index (χ0) is 66.2. The van der Waals surface area contributed by atoms with Crippen LogP contribution < -0.4 is 30.4 Å². The summed E-state index contributed by atoms with van der Waals surface area (Å²) in [4.78, 5) is 0. The van der Waals surface area contributed by atoms with Gasteiger partial charge in [-0.1, -0.05) is 38.1 Å². The van der Waals surface area contributed by atoms with Crippen molar-refractivity contribution in [2.24, 2.45) is 0 Å². The minimum absolute atomic E-state index is 0.0152. The molecule has 3 heterocycles. The molecule has 0 fully saturated rings. The maximum atomic E-state index is 12.6. The topological polar surface area (TPSA) is 246 Å². The number of alkyl halides is 7. The Labute approximate surface area is 525 Å². The van der Waals surface area contributed by atoms with E-state index in [0.29, 0.717) is 93.6 Å². The highest BCUT2D eigenvalue weighted by Gasteiger charge is 2.22. The molecule has 0 unspecified atom stereocenters. The van der Waals surface area contributed by atoms with E-state index in [9.17, 15) is 58.1 Å². The van der Waals surface area contributed by atoms with Gasteiger partial charge in [-0.2, -0.15) is 42.1 Å². The maximum Gasteiger partial charge on any atom is 0.387 e. The highest BCUT2D eigenvalue weighted by atomic mass is 127. The molecule has 16 nitrogen and oxygen atoms in total. The van der Waals surface area contributed by atoms with Crippen LogP contribution in [0.5, 0.6) is 17.2 Å². The first-order valence-electron chi connectivity index (χ1n) is 27.2. The number of nitriles is 3. The zero-order valence-corrected chi connectivity index (χ0v) is 52.6. The molecule has 0 radical (unpaired) electrons. The van der Waals surface area contributed by atoms with E-state index in [2.05, 4.69) is 59.7 Å². The number of sulfonamides is 1. The Morgan fingerprint density at radius 2 is 0.966 bits per heavy atom. The fourth-order valence-corrected chi connectivity index (χ4v) is 11.3. The molecule has 0 aliphatic carbocycles. The zero-order valence-electron chi connectivity index (χ0n) is 49.0. The predicted molar refractivity (Wildman–Crippen MR) is 340 cm³/mol. The van der Waals surface area contributed by atoms with Gasteiger partial charge in [-0.05, 0) is 152 Å². The van der Waals surface area contributed by atoms with Crippen LogP contribution in [0.2, 0.25) is 0 Å². The Kier molecular flexibility index (Phi) is 27.4. The lowest BCUT2D eigenvalue weighted by molar-refractivity contribution is -0.0504. The Hall–Kier alpha value is -8.36. The average molecular weight is 1390 g/mol. The molecule has 0 amide bonds. The number of nitrogens with two attached hydrogens (primary N) is 2. The third-order valence-electron chi connectivity index (χ3n) is 12.3. The molecule has 0 atom stereocenters. The normalized spacial score (nSPS) is 11.0. The van der Waals surface area contributed by atoms with Gasteiger partial charge in [-0.25, -0.2) is 16.8 Å².